The van der Waals surface area contributed by atoms with Crippen molar-refractivity contribution >= 4 is 27.8 Å². The summed E-state index contributed by atoms with van der Waals surface area (Å²) in [5.41, 5.74) is 1.58. The summed E-state index contributed by atoms with van der Waals surface area (Å²) in [6, 6.07) is 5.55. The minimum atomic E-state index is -1.27. The van der Waals surface area contributed by atoms with Gasteiger partial charge in [0.15, 0.2) is 23.1 Å². The number of benzene rings is 2. The maximum Gasteiger partial charge on any atom is 0.335 e. The van der Waals surface area contributed by atoms with Gasteiger partial charge in [0.25, 0.3) is 0 Å². The van der Waals surface area contributed by atoms with Crippen LogP contribution in [-0.2, 0) is 14.3 Å². The fourth-order valence-electron chi connectivity index (χ4n) is 6.42. The third-order valence-corrected chi connectivity index (χ3v) is 8.43. The number of hydrogen-bond donors (Lipinski definition) is 2. The Hall–Kier alpha value is -3.37. The third kappa shape index (κ3) is 3.80. The van der Waals surface area contributed by atoms with Gasteiger partial charge in [-0.3, -0.25) is 5.10 Å². The van der Waals surface area contributed by atoms with E-state index in [1.807, 2.05) is 10.6 Å². The maximum atomic E-state index is 16.3. The molecule has 2 N–H and O–H groups in total. The van der Waals surface area contributed by atoms with Crippen LogP contribution in [-0.4, -0.2) is 51.8 Å². The second-order valence-corrected chi connectivity index (χ2v) is 10.3. The van der Waals surface area contributed by atoms with Gasteiger partial charge in [-0.2, -0.15) is 5.10 Å². The van der Waals surface area contributed by atoms with E-state index in [1.54, 1.807) is 0 Å². The van der Waals surface area contributed by atoms with Gasteiger partial charge < -0.3 is 19.1 Å². The van der Waals surface area contributed by atoms with Crippen LogP contribution in [0.15, 0.2) is 30.5 Å². The Morgan fingerprint density at radius 1 is 1.11 bits per heavy atom. The summed E-state index contributed by atoms with van der Waals surface area (Å²) < 4.78 is 57.7. The van der Waals surface area contributed by atoms with E-state index >= 15 is 4.39 Å². The molecule has 0 atom stereocenters. The molecule has 0 spiro atoms. The number of aliphatic carboxylic acids is 1. The van der Waals surface area contributed by atoms with E-state index in [0.29, 0.717) is 60.9 Å². The van der Waals surface area contributed by atoms with Gasteiger partial charge in [0, 0.05) is 54.5 Å². The predicted molar refractivity (Wildman–Crippen MR) is 134 cm³/mol. The van der Waals surface area contributed by atoms with Crippen LogP contribution in [0.4, 0.5) is 13.2 Å². The molecule has 200 valence electrons. The number of fused-ring (bicyclic) bond motifs is 2. The minimum Gasteiger partial charge on any atom is -0.479 e. The standard InChI is InChI=1S/C28H28F3N3O4/c1-37-28(27(35)36)8-4-15(5-9-28)22-23-21(12-17-14-32-33-25(17)24(23)31)34(18-2-3-19(29)20(30)13-18)26(22)16-6-10-38-11-7-16/h2-3,12-16H,4-11H2,1H3,(H,32,33)(H,35,36)/t15-,28+. The lowest BCUT2D eigenvalue weighted by molar-refractivity contribution is -0.166. The lowest BCUT2D eigenvalue weighted by atomic mass is 9.74. The smallest absolute Gasteiger partial charge is 0.335 e. The molecular formula is C28H28F3N3O4. The molecule has 6 rings (SSSR count). The number of carbonyl (C=O) groups is 1. The summed E-state index contributed by atoms with van der Waals surface area (Å²) in [6.07, 6.45) is 4.44. The summed E-state index contributed by atoms with van der Waals surface area (Å²) in [7, 11) is 1.41. The van der Waals surface area contributed by atoms with Crippen LogP contribution >= 0.6 is 0 Å². The van der Waals surface area contributed by atoms with E-state index in [1.165, 1.54) is 19.4 Å². The third-order valence-electron chi connectivity index (χ3n) is 8.43. The van der Waals surface area contributed by atoms with Gasteiger partial charge in [-0.25, -0.2) is 18.0 Å². The van der Waals surface area contributed by atoms with Crippen LogP contribution in [0.1, 0.15) is 61.6 Å². The van der Waals surface area contributed by atoms with Crippen LogP contribution in [0.2, 0.25) is 0 Å². The van der Waals surface area contributed by atoms with Gasteiger partial charge in [-0.1, -0.05) is 0 Å². The second kappa shape index (κ2) is 9.43. The molecule has 2 aromatic heterocycles. The van der Waals surface area contributed by atoms with Gasteiger partial charge in [-0.15, -0.1) is 0 Å². The zero-order chi connectivity index (χ0) is 26.6. The number of carboxylic acids is 1. The molecule has 7 nitrogen and oxygen atoms in total. The molecule has 0 radical (unpaired) electrons. The Kier molecular flexibility index (Phi) is 6.19. The quantitative estimate of drug-likeness (QED) is 0.335. The molecule has 2 fully saturated rings. The fourth-order valence-corrected chi connectivity index (χ4v) is 6.42. The number of hydrogen-bond acceptors (Lipinski definition) is 4. The molecule has 1 aliphatic carbocycles. The molecule has 4 aromatic rings. The van der Waals surface area contributed by atoms with Crippen LogP contribution in [0, 0.1) is 17.5 Å². The number of aromatic nitrogens is 3. The molecule has 0 unspecified atom stereocenters. The Balaban J connectivity index is 1.64. The van der Waals surface area contributed by atoms with Crippen molar-refractivity contribution in [3.05, 3.63) is 59.2 Å². The highest BCUT2D eigenvalue weighted by molar-refractivity contribution is 6.00. The first-order chi connectivity index (χ1) is 18.3. The molecule has 2 aliphatic rings. The van der Waals surface area contributed by atoms with Gasteiger partial charge in [0.2, 0.25) is 0 Å². The minimum absolute atomic E-state index is 0.0105. The van der Waals surface area contributed by atoms with E-state index in [4.69, 9.17) is 9.47 Å². The van der Waals surface area contributed by atoms with Crippen molar-refractivity contribution in [3.8, 4) is 5.69 Å². The first-order valence-electron chi connectivity index (χ1n) is 12.9. The van der Waals surface area contributed by atoms with E-state index in [0.717, 1.165) is 23.4 Å². The molecule has 1 aliphatic heterocycles. The van der Waals surface area contributed by atoms with Gasteiger partial charge in [0.05, 0.1) is 11.7 Å². The molecule has 0 amide bonds. The molecule has 2 aromatic carbocycles. The van der Waals surface area contributed by atoms with Crippen molar-refractivity contribution in [1.82, 2.24) is 14.8 Å². The van der Waals surface area contributed by atoms with Crippen LogP contribution in [0.25, 0.3) is 27.5 Å². The Labute approximate surface area is 216 Å². The summed E-state index contributed by atoms with van der Waals surface area (Å²) >= 11 is 0. The van der Waals surface area contributed by atoms with Gasteiger partial charge >= 0.3 is 5.97 Å². The van der Waals surface area contributed by atoms with E-state index in [-0.39, 0.29) is 30.2 Å². The number of halogens is 3. The van der Waals surface area contributed by atoms with E-state index < -0.39 is 29.0 Å². The van der Waals surface area contributed by atoms with Crippen molar-refractivity contribution in [2.24, 2.45) is 0 Å². The maximum absolute atomic E-state index is 16.3. The van der Waals surface area contributed by atoms with Crippen LogP contribution in [0.3, 0.4) is 0 Å². The fraction of sp³-hybridized carbons (Fsp3) is 0.429. The number of nitrogens with zero attached hydrogens (tertiary/aromatic N) is 2. The first-order valence-corrected chi connectivity index (χ1v) is 12.9. The summed E-state index contributed by atoms with van der Waals surface area (Å²) in [4.78, 5) is 12.0. The van der Waals surface area contributed by atoms with Crippen LogP contribution < -0.4 is 0 Å². The molecule has 1 saturated heterocycles. The summed E-state index contributed by atoms with van der Waals surface area (Å²) in [5.74, 6) is -3.57. The number of ether oxygens (including phenoxy) is 2. The van der Waals surface area contributed by atoms with E-state index in [2.05, 4.69) is 10.2 Å². The second-order valence-electron chi connectivity index (χ2n) is 10.3. The molecular weight excluding hydrogens is 499 g/mol. The normalized spacial score (nSPS) is 22.9. The Bertz CT molecular complexity index is 1530. The predicted octanol–water partition coefficient (Wildman–Crippen LogP) is 5.95. The number of aromatic amines is 1. The van der Waals surface area contributed by atoms with Gasteiger partial charge in [0.1, 0.15) is 5.52 Å². The van der Waals surface area contributed by atoms with Crippen molar-refractivity contribution < 1.29 is 32.5 Å². The van der Waals surface area contributed by atoms with Crippen molar-refractivity contribution in [1.29, 1.82) is 0 Å². The lowest BCUT2D eigenvalue weighted by Gasteiger charge is -2.36. The largest absolute Gasteiger partial charge is 0.479 e. The van der Waals surface area contributed by atoms with Crippen LogP contribution in [0.5, 0.6) is 0 Å². The summed E-state index contributed by atoms with van der Waals surface area (Å²) in [5, 5.41) is 17.6. The van der Waals surface area contributed by atoms with Gasteiger partial charge in [-0.05, 0) is 68.2 Å². The molecule has 1 saturated carbocycles. The monoisotopic (exact) mass is 527 g/mol. The zero-order valence-electron chi connectivity index (χ0n) is 20.9. The van der Waals surface area contributed by atoms with E-state index in [9.17, 15) is 18.7 Å². The topological polar surface area (TPSA) is 89.4 Å². The number of nitrogens with one attached hydrogen (secondary N) is 1. The number of methoxy groups -OCH3 is 1. The highest BCUT2D eigenvalue weighted by Gasteiger charge is 2.44. The van der Waals surface area contributed by atoms with Crippen molar-refractivity contribution in [3.63, 3.8) is 0 Å². The average molecular weight is 528 g/mol. The Morgan fingerprint density at radius 3 is 2.50 bits per heavy atom. The number of carboxylic acid groups (broad SMARTS) is 1. The molecule has 0 bridgehead atoms. The molecule has 38 heavy (non-hydrogen) atoms. The van der Waals surface area contributed by atoms with Crippen molar-refractivity contribution in [2.45, 2.75) is 56.0 Å². The van der Waals surface area contributed by atoms with Crippen molar-refractivity contribution in [2.75, 3.05) is 20.3 Å². The zero-order valence-corrected chi connectivity index (χ0v) is 20.9. The molecule has 3 heterocycles. The summed E-state index contributed by atoms with van der Waals surface area (Å²) in [6.45, 7) is 1.07. The average Bonchev–Trinajstić information content (AvgIpc) is 3.54. The number of rotatable bonds is 5. The lowest BCUT2D eigenvalue weighted by Crippen LogP contribution is -2.43. The Morgan fingerprint density at radius 2 is 1.84 bits per heavy atom. The SMILES string of the molecule is CO[C@]1(C(=O)O)CC[C@H](c2c(C3CCOCC3)n(-c3ccc(F)c(F)c3)c3cc4cn[nH]c4c(F)c32)CC1. The molecule has 10 heteroatoms. The number of H-pyrrole nitrogens is 1. The first kappa shape index (κ1) is 24.9. The highest BCUT2D eigenvalue weighted by Crippen LogP contribution is 2.49. The highest BCUT2D eigenvalue weighted by atomic mass is 19.2.